The SMILES string of the molecule is CCc1ccc(C(C(=O)NC(C)(C)C)N(C(=O)Cn2nnc3ccccc32)c2ccc(OC)cc2)cc1. The zero-order valence-electron chi connectivity index (χ0n) is 21.9. The minimum absolute atomic E-state index is 0.0844. The van der Waals surface area contributed by atoms with Crippen LogP contribution < -0.4 is 15.0 Å². The van der Waals surface area contributed by atoms with E-state index in [0.29, 0.717) is 22.5 Å². The van der Waals surface area contributed by atoms with Crippen molar-refractivity contribution in [1.82, 2.24) is 20.3 Å². The number of hydrogen-bond donors (Lipinski definition) is 1. The molecule has 0 saturated heterocycles. The van der Waals surface area contributed by atoms with Crippen LogP contribution in [0.1, 0.15) is 44.9 Å². The van der Waals surface area contributed by atoms with Crippen LogP contribution in [-0.4, -0.2) is 39.5 Å². The van der Waals surface area contributed by atoms with E-state index < -0.39 is 11.6 Å². The molecular formula is C29H33N5O3. The summed E-state index contributed by atoms with van der Waals surface area (Å²) in [6.45, 7) is 7.75. The second-order valence-electron chi connectivity index (χ2n) is 9.93. The maximum absolute atomic E-state index is 14.0. The van der Waals surface area contributed by atoms with Crippen molar-refractivity contribution in [3.8, 4) is 5.75 Å². The summed E-state index contributed by atoms with van der Waals surface area (Å²) < 4.78 is 6.88. The zero-order valence-corrected chi connectivity index (χ0v) is 21.9. The molecule has 1 N–H and O–H groups in total. The Hall–Kier alpha value is -4.20. The van der Waals surface area contributed by atoms with Crippen molar-refractivity contribution in [2.24, 2.45) is 0 Å². The molecule has 192 valence electrons. The van der Waals surface area contributed by atoms with Gasteiger partial charge in [-0.05, 0) is 74.7 Å². The van der Waals surface area contributed by atoms with Crippen molar-refractivity contribution in [3.63, 3.8) is 0 Å². The molecule has 4 aromatic rings. The first kappa shape index (κ1) is 25.9. The van der Waals surface area contributed by atoms with E-state index in [9.17, 15) is 9.59 Å². The molecule has 1 aromatic heterocycles. The van der Waals surface area contributed by atoms with Crippen molar-refractivity contribution in [2.75, 3.05) is 12.0 Å². The number of anilines is 1. The van der Waals surface area contributed by atoms with Gasteiger partial charge >= 0.3 is 0 Å². The number of carbonyl (C=O) groups excluding carboxylic acids is 2. The van der Waals surface area contributed by atoms with Crippen molar-refractivity contribution >= 4 is 28.5 Å². The highest BCUT2D eigenvalue weighted by Crippen LogP contribution is 2.31. The molecular weight excluding hydrogens is 466 g/mol. The number of aromatic nitrogens is 3. The van der Waals surface area contributed by atoms with Crippen LogP contribution in [-0.2, 0) is 22.6 Å². The molecule has 0 aliphatic carbocycles. The predicted octanol–water partition coefficient (Wildman–Crippen LogP) is 4.69. The van der Waals surface area contributed by atoms with Gasteiger partial charge in [0.05, 0.1) is 12.6 Å². The summed E-state index contributed by atoms with van der Waals surface area (Å²) in [6.07, 6.45) is 0.875. The lowest BCUT2D eigenvalue weighted by atomic mass is 9.99. The van der Waals surface area contributed by atoms with Crippen LogP contribution in [0.15, 0.2) is 72.8 Å². The average Bonchev–Trinajstić information content (AvgIpc) is 3.29. The molecule has 0 saturated carbocycles. The Kier molecular flexibility index (Phi) is 7.57. The molecule has 2 amide bonds. The largest absolute Gasteiger partial charge is 0.497 e. The van der Waals surface area contributed by atoms with Gasteiger partial charge in [-0.1, -0.05) is 48.5 Å². The number of carbonyl (C=O) groups is 2. The van der Waals surface area contributed by atoms with Gasteiger partial charge in [0.25, 0.3) is 0 Å². The van der Waals surface area contributed by atoms with E-state index in [-0.39, 0.29) is 18.4 Å². The smallest absolute Gasteiger partial charge is 0.249 e. The monoisotopic (exact) mass is 499 g/mol. The fourth-order valence-electron chi connectivity index (χ4n) is 4.21. The number of ether oxygens (including phenoxy) is 1. The fraction of sp³-hybridized carbons (Fsp3) is 0.310. The number of nitrogens with zero attached hydrogens (tertiary/aromatic N) is 4. The Bertz CT molecular complexity index is 1370. The lowest BCUT2D eigenvalue weighted by Crippen LogP contribution is -2.50. The second-order valence-corrected chi connectivity index (χ2v) is 9.93. The van der Waals surface area contributed by atoms with E-state index in [4.69, 9.17) is 4.74 Å². The van der Waals surface area contributed by atoms with E-state index in [1.54, 1.807) is 36.1 Å². The molecule has 0 aliphatic rings. The first-order valence-electron chi connectivity index (χ1n) is 12.4. The van der Waals surface area contributed by atoms with Crippen LogP contribution in [0.5, 0.6) is 5.75 Å². The molecule has 8 nitrogen and oxygen atoms in total. The number of hydrogen-bond acceptors (Lipinski definition) is 5. The van der Waals surface area contributed by atoms with Gasteiger partial charge in [-0.3, -0.25) is 14.5 Å². The number of amides is 2. The maximum atomic E-state index is 14.0. The molecule has 0 bridgehead atoms. The third-order valence-electron chi connectivity index (χ3n) is 6.03. The molecule has 0 fully saturated rings. The van der Waals surface area contributed by atoms with Crippen LogP contribution in [0.4, 0.5) is 5.69 Å². The van der Waals surface area contributed by atoms with Crippen molar-refractivity contribution in [2.45, 2.75) is 52.2 Å². The predicted molar refractivity (Wildman–Crippen MR) is 144 cm³/mol. The third kappa shape index (κ3) is 5.97. The number of aryl methyl sites for hydroxylation is 1. The molecule has 3 aromatic carbocycles. The van der Waals surface area contributed by atoms with E-state index in [1.165, 1.54) is 4.90 Å². The molecule has 37 heavy (non-hydrogen) atoms. The van der Waals surface area contributed by atoms with Gasteiger partial charge in [0.15, 0.2) is 0 Å². The molecule has 0 aliphatic heterocycles. The summed E-state index contributed by atoms with van der Waals surface area (Å²) >= 11 is 0. The quantitative estimate of drug-likeness (QED) is 0.380. The molecule has 1 atom stereocenters. The number of fused-ring (bicyclic) bond motifs is 1. The van der Waals surface area contributed by atoms with Crippen LogP contribution >= 0.6 is 0 Å². The number of methoxy groups -OCH3 is 1. The van der Waals surface area contributed by atoms with Gasteiger partial charge in [-0.2, -0.15) is 0 Å². The fourth-order valence-corrected chi connectivity index (χ4v) is 4.21. The van der Waals surface area contributed by atoms with Crippen molar-refractivity contribution in [3.05, 3.63) is 83.9 Å². The van der Waals surface area contributed by atoms with E-state index in [0.717, 1.165) is 17.5 Å². The van der Waals surface area contributed by atoms with Gasteiger partial charge in [0.1, 0.15) is 23.9 Å². The molecule has 0 spiro atoms. The molecule has 1 unspecified atom stereocenters. The van der Waals surface area contributed by atoms with E-state index in [2.05, 4.69) is 22.6 Å². The molecule has 1 heterocycles. The zero-order chi connectivity index (χ0) is 26.6. The lowest BCUT2D eigenvalue weighted by molar-refractivity contribution is -0.128. The topological polar surface area (TPSA) is 89.4 Å². The summed E-state index contributed by atoms with van der Waals surface area (Å²) in [5.41, 5.74) is 3.39. The normalized spacial score (nSPS) is 12.2. The standard InChI is InChI=1S/C29H33N5O3/c1-6-20-11-13-21(14-12-20)27(28(36)30-29(2,3)4)34(22-15-17-23(37-5)18-16-22)26(35)19-33-25-10-8-7-9-24(25)31-32-33/h7-18,27H,6,19H2,1-5H3,(H,30,36). The van der Waals surface area contributed by atoms with Gasteiger partial charge in [0.2, 0.25) is 11.8 Å². The Balaban J connectivity index is 1.81. The van der Waals surface area contributed by atoms with Crippen LogP contribution in [0, 0.1) is 0 Å². The summed E-state index contributed by atoms with van der Waals surface area (Å²) in [7, 11) is 1.59. The average molecular weight is 500 g/mol. The number of rotatable bonds is 8. The minimum atomic E-state index is -0.902. The van der Waals surface area contributed by atoms with Gasteiger partial charge in [-0.15, -0.1) is 5.10 Å². The highest BCUT2D eigenvalue weighted by atomic mass is 16.5. The molecule has 8 heteroatoms. The summed E-state index contributed by atoms with van der Waals surface area (Å²) in [6, 6.07) is 21.5. The van der Waals surface area contributed by atoms with Crippen molar-refractivity contribution in [1.29, 1.82) is 0 Å². The van der Waals surface area contributed by atoms with Gasteiger partial charge < -0.3 is 10.1 Å². The third-order valence-corrected chi connectivity index (χ3v) is 6.03. The van der Waals surface area contributed by atoms with E-state index >= 15 is 0 Å². The number of para-hydroxylation sites is 1. The Morgan fingerprint density at radius 2 is 1.68 bits per heavy atom. The summed E-state index contributed by atoms with van der Waals surface area (Å²) in [4.78, 5) is 29.4. The van der Waals surface area contributed by atoms with Gasteiger partial charge in [0, 0.05) is 11.2 Å². The highest BCUT2D eigenvalue weighted by Gasteiger charge is 2.34. The number of nitrogens with one attached hydrogen (secondary N) is 1. The Morgan fingerprint density at radius 1 is 1.00 bits per heavy atom. The molecule has 4 rings (SSSR count). The number of benzene rings is 3. The lowest BCUT2D eigenvalue weighted by Gasteiger charge is -2.34. The van der Waals surface area contributed by atoms with Crippen LogP contribution in [0.25, 0.3) is 11.0 Å². The summed E-state index contributed by atoms with van der Waals surface area (Å²) in [5, 5.41) is 11.4. The van der Waals surface area contributed by atoms with E-state index in [1.807, 2.05) is 69.3 Å². The van der Waals surface area contributed by atoms with Gasteiger partial charge in [-0.25, -0.2) is 4.68 Å². The Morgan fingerprint density at radius 3 is 2.30 bits per heavy atom. The maximum Gasteiger partial charge on any atom is 0.249 e. The summed E-state index contributed by atoms with van der Waals surface area (Å²) in [5.74, 6) is 0.0835. The highest BCUT2D eigenvalue weighted by molar-refractivity contribution is 6.01. The van der Waals surface area contributed by atoms with Crippen molar-refractivity contribution < 1.29 is 14.3 Å². The minimum Gasteiger partial charge on any atom is -0.497 e. The van der Waals surface area contributed by atoms with Crippen LogP contribution in [0.3, 0.4) is 0 Å². The second kappa shape index (κ2) is 10.8. The Labute approximate surface area is 217 Å². The molecule has 0 radical (unpaired) electrons. The first-order chi connectivity index (χ1) is 17.7. The van der Waals surface area contributed by atoms with Crippen LogP contribution in [0.2, 0.25) is 0 Å². The first-order valence-corrected chi connectivity index (χ1v) is 12.4.